The molecule has 110 valence electrons. The summed E-state index contributed by atoms with van der Waals surface area (Å²) in [6.07, 6.45) is 0.876. The summed E-state index contributed by atoms with van der Waals surface area (Å²) in [5.41, 5.74) is 0.528. The molecule has 0 unspecified atom stereocenters. The van der Waals surface area contributed by atoms with Gasteiger partial charge in [-0.1, -0.05) is 6.92 Å². The lowest BCUT2D eigenvalue weighted by atomic mass is 10.3. The van der Waals surface area contributed by atoms with E-state index in [9.17, 15) is 14.0 Å². The average molecular weight is 281 g/mol. The molecule has 0 spiro atoms. The fourth-order valence-electron chi connectivity index (χ4n) is 1.60. The zero-order chi connectivity index (χ0) is 15.0. The minimum absolute atomic E-state index is 0.0942. The number of nitrogens with zero attached hydrogens (tertiary/aromatic N) is 1. The Bertz CT molecular complexity index is 448. The molecule has 1 aromatic rings. The molecule has 0 saturated carbocycles. The van der Waals surface area contributed by atoms with Crippen molar-refractivity contribution in [1.82, 2.24) is 10.2 Å². The van der Waals surface area contributed by atoms with Crippen molar-refractivity contribution in [2.75, 3.05) is 32.0 Å². The Hall–Kier alpha value is -1.95. The zero-order valence-electron chi connectivity index (χ0n) is 11.8. The van der Waals surface area contributed by atoms with E-state index in [0.29, 0.717) is 12.2 Å². The first-order valence-corrected chi connectivity index (χ1v) is 6.52. The number of amides is 2. The highest BCUT2D eigenvalue weighted by Crippen LogP contribution is 2.07. The molecule has 0 aromatic heterocycles. The van der Waals surface area contributed by atoms with Crippen LogP contribution in [0.15, 0.2) is 24.3 Å². The van der Waals surface area contributed by atoms with Gasteiger partial charge in [0, 0.05) is 12.2 Å². The highest BCUT2D eigenvalue weighted by Gasteiger charge is 2.10. The van der Waals surface area contributed by atoms with Gasteiger partial charge >= 0.3 is 0 Å². The second-order valence-electron chi connectivity index (χ2n) is 4.58. The predicted octanol–water partition coefficient (Wildman–Crippen LogP) is 1.22. The third kappa shape index (κ3) is 6.29. The molecule has 1 aromatic carbocycles. The van der Waals surface area contributed by atoms with Crippen LogP contribution in [-0.4, -0.2) is 43.4 Å². The van der Waals surface area contributed by atoms with Gasteiger partial charge in [-0.25, -0.2) is 4.39 Å². The van der Waals surface area contributed by atoms with Gasteiger partial charge in [-0.05, 0) is 37.7 Å². The normalized spacial score (nSPS) is 10.4. The highest BCUT2D eigenvalue weighted by atomic mass is 19.1. The van der Waals surface area contributed by atoms with Crippen molar-refractivity contribution in [3.8, 4) is 0 Å². The first-order chi connectivity index (χ1) is 9.51. The molecule has 0 aliphatic rings. The molecule has 20 heavy (non-hydrogen) atoms. The fourth-order valence-corrected chi connectivity index (χ4v) is 1.60. The quantitative estimate of drug-likeness (QED) is 0.790. The van der Waals surface area contributed by atoms with Gasteiger partial charge in [0.1, 0.15) is 5.82 Å². The molecule has 0 radical (unpaired) electrons. The molecule has 2 amide bonds. The minimum atomic E-state index is -0.354. The Morgan fingerprint density at radius 1 is 1.15 bits per heavy atom. The SMILES string of the molecule is CCCNC(=O)CN(C)CC(=O)Nc1ccc(F)cc1. The van der Waals surface area contributed by atoms with Crippen molar-refractivity contribution in [2.45, 2.75) is 13.3 Å². The van der Waals surface area contributed by atoms with Crippen molar-refractivity contribution in [3.05, 3.63) is 30.1 Å². The Balaban J connectivity index is 2.34. The van der Waals surface area contributed by atoms with Gasteiger partial charge in [0.25, 0.3) is 0 Å². The lowest BCUT2D eigenvalue weighted by Gasteiger charge is -2.15. The molecule has 5 nitrogen and oxygen atoms in total. The van der Waals surface area contributed by atoms with Gasteiger partial charge in [0.2, 0.25) is 11.8 Å². The van der Waals surface area contributed by atoms with E-state index in [4.69, 9.17) is 0 Å². The first-order valence-electron chi connectivity index (χ1n) is 6.52. The molecule has 0 aliphatic heterocycles. The van der Waals surface area contributed by atoms with E-state index in [0.717, 1.165) is 6.42 Å². The monoisotopic (exact) mass is 281 g/mol. The maximum absolute atomic E-state index is 12.7. The maximum Gasteiger partial charge on any atom is 0.238 e. The van der Waals surface area contributed by atoms with E-state index < -0.39 is 0 Å². The van der Waals surface area contributed by atoms with E-state index in [1.54, 1.807) is 11.9 Å². The van der Waals surface area contributed by atoms with Crippen molar-refractivity contribution in [3.63, 3.8) is 0 Å². The number of nitrogens with one attached hydrogen (secondary N) is 2. The van der Waals surface area contributed by atoms with Crippen molar-refractivity contribution in [2.24, 2.45) is 0 Å². The summed E-state index contributed by atoms with van der Waals surface area (Å²) in [6, 6.07) is 5.53. The molecule has 0 heterocycles. The predicted molar refractivity (Wildman–Crippen MR) is 75.8 cm³/mol. The van der Waals surface area contributed by atoms with Crippen molar-refractivity contribution in [1.29, 1.82) is 0 Å². The van der Waals surface area contributed by atoms with Crippen LogP contribution in [0, 0.1) is 5.82 Å². The number of hydrogen-bond donors (Lipinski definition) is 2. The summed E-state index contributed by atoms with van der Waals surface area (Å²) in [5, 5.41) is 5.38. The number of carbonyl (C=O) groups excluding carboxylic acids is 2. The molecule has 0 aliphatic carbocycles. The van der Waals surface area contributed by atoms with Crippen molar-refractivity contribution < 1.29 is 14.0 Å². The number of carbonyl (C=O) groups is 2. The summed E-state index contributed by atoms with van der Waals surface area (Å²) >= 11 is 0. The number of hydrogen-bond acceptors (Lipinski definition) is 3. The Morgan fingerprint density at radius 3 is 2.35 bits per heavy atom. The van der Waals surface area contributed by atoms with Crippen LogP contribution in [0.25, 0.3) is 0 Å². The van der Waals surface area contributed by atoms with Crippen LogP contribution in [0.3, 0.4) is 0 Å². The second kappa shape index (κ2) is 8.27. The molecule has 0 atom stereocenters. The largest absolute Gasteiger partial charge is 0.355 e. The smallest absolute Gasteiger partial charge is 0.238 e. The standard InChI is InChI=1S/C14H20FN3O2/c1-3-8-16-13(19)9-18(2)10-14(20)17-12-6-4-11(15)5-7-12/h4-7H,3,8-10H2,1-2H3,(H,16,19)(H,17,20). The Labute approximate surface area is 118 Å². The number of anilines is 1. The van der Waals surface area contributed by atoms with E-state index in [-0.39, 0.29) is 30.7 Å². The molecule has 1 rings (SSSR count). The van der Waals surface area contributed by atoms with Crippen LogP contribution < -0.4 is 10.6 Å². The highest BCUT2D eigenvalue weighted by molar-refractivity contribution is 5.92. The summed E-state index contributed by atoms with van der Waals surface area (Å²) in [6.45, 7) is 2.86. The van der Waals surface area contributed by atoms with Crippen LogP contribution >= 0.6 is 0 Å². The number of rotatable bonds is 7. The Morgan fingerprint density at radius 2 is 1.75 bits per heavy atom. The molecule has 0 fully saturated rings. The fraction of sp³-hybridized carbons (Fsp3) is 0.429. The first kappa shape index (κ1) is 16.1. The third-order valence-electron chi connectivity index (χ3n) is 2.53. The molecule has 0 saturated heterocycles. The van der Waals surface area contributed by atoms with Crippen LogP contribution in [0.4, 0.5) is 10.1 Å². The number of benzene rings is 1. The van der Waals surface area contributed by atoms with Gasteiger partial charge in [-0.3, -0.25) is 14.5 Å². The zero-order valence-corrected chi connectivity index (χ0v) is 11.8. The van der Waals surface area contributed by atoms with Gasteiger partial charge in [0.05, 0.1) is 13.1 Å². The van der Waals surface area contributed by atoms with E-state index in [2.05, 4.69) is 10.6 Å². The lowest BCUT2D eigenvalue weighted by molar-refractivity contribution is -0.122. The molecule has 6 heteroatoms. The topological polar surface area (TPSA) is 61.4 Å². The number of likely N-dealkylation sites (N-methyl/N-ethyl adjacent to an activating group) is 1. The van der Waals surface area contributed by atoms with Crippen LogP contribution in [0.2, 0.25) is 0 Å². The third-order valence-corrected chi connectivity index (χ3v) is 2.53. The summed E-state index contributed by atoms with van der Waals surface area (Å²) in [5.74, 6) is -0.709. The van der Waals surface area contributed by atoms with E-state index in [1.807, 2.05) is 6.92 Å². The van der Waals surface area contributed by atoms with E-state index in [1.165, 1.54) is 24.3 Å². The van der Waals surface area contributed by atoms with Crippen molar-refractivity contribution >= 4 is 17.5 Å². The second-order valence-corrected chi connectivity index (χ2v) is 4.58. The number of halogens is 1. The maximum atomic E-state index is 12.7. The molecular formula is C14H20FN3O2. The van der Waals surface area contributed by atoms with Crippen LogP contribution in [0.1, 0.15) is 13.3 Å². The van der Waals surface area contributed by atoms with E-state index >= 15 is 0 Å². The molecular weight excluding hydrogens is 261 g/mol. The molecule has 0 bridgehead atoms. The van der Waals surface area contributed by atoms with Gasteiger partial charge in [-0.15, -0.1) is 0 Å². The summed E-state index contributed by atoms with van der Waals surface area (Å²) < 4.78 is 12.7. The molecule has 2 N–H and O–H groups in total. The Kier molecular flexibility index (Phi) is 6.66. The summed E-state index contributed by atoms with van der Waals surface area (Å²) in [7, 11) is 1.69. The average Bonchev–Trinajstić information content (AvgIpc) is 2.38. The summed E-state index contributed by atoms with van der Waals surface area (Å²) in [4.78, 5) is 24.8. The van der Waals surface area contributed by atoms with Gasteiger partial charge < -0.3 is 10.6 Å². The van der Waals surface area contributed by atoms with Gasteiger partial charge in [0.15, 0.2) is 0 Å². The lowest BCUT2D eigenvalue weighted by Crippen LogP contribution is -2.39. The minimum Gasteiger partial charge on any atom is -0.355 e. The van der Waals surface area contributed by atoms with Crippen LogP contribution in [0.5, 0.6) is 0 Å². The van der Waals surface area contributed by atoms with Gasteiger partial charge in [-0.2, -0.15) is 0 Å². The van der Waals surface area contributed by atoms with Crippen LogP contribution in [-0.2, 0) is 9.59 Å².